The van der Waals surface area contributed by atoms with Crippen LogP contribution in [0.5, 0.6) is 0 Å². The summed E-state index contributed by atoms with van der Waals surface area (Å²) >= 11 is 0. The van der Waals surface area contributed by atoms with Gasteiger partial charge in [-0.1, -0.05) is 24.3 Å². The highest BCUT2D eigenvalue weighted by molar-refractivity contribution is 6.36. The van der Waals surface area contributed by atoms with Crippen LogP contribution < -0.4 is 10.6 Å². The number of ether oxygens (including phenoxy) is 2. The highest BCUT2D eigenvalue weighted by Crippen LogP contribution is 2.42. The number of hydrogen-bond donors (Lipinski definition) is 2. The van der Waals surface area contributed by atoms with E-state index < -0.39 is 0 Å². The lowest BCUT2D eigenvalue weighted by Gasteiger charge is -2.23. The van der Waals surface area contributed by atoms with Gasteiger partial charge in [-0.25, -0.2) is 0 Å². The van der Waals surface area contributed by atoms with E-state index in [0.29, 0.717) is 23.8 Å². The van der Waals surface area contributed by atoms with E-state index in [1.807, 2.05) is 63.2 Å². The van der Waals surface area contributed by atoms with Crippen LogP contribution >= 0.6 is 0 Å². The first-order valence-electron chi connectivity index (χ1n) is 8.88. The molecule has 0 saturated heterocycles. The second-order valence-corrected chi connectivity index (χ2v) is 7.63. The van der Waals surface area contributed by atoms with Crippen molar-refractivity contribution < 1.29 is 14.3 Å². The summed E-state index contributed by atoms with van der Waals surface area (Å²) in [6, 6.07) is 13.6. The molecule has 0 unspecified atom stereocenters. The Morgan fingerprint density at radius 1 is 1.19 bits per heavy atom. The molecular weight excluding hydrogens is 340 g/mol. The van der Waals surface area contributed by atoms with Gasteiger partial charge in [0.15, 0.2) is 5.88 Å². The molecule has 5 nitrogen and oxygen atoms in total. The zero-order valence-electron chi connectivity index (χ0n) is 15.7. The molecule has 0 fully saturated rings. The standard InChI is InChI=1S/C22H22N2O3/c1-13(27-22(2,3)4)23-15-10-9-14-12-26-20(17(14)11-15)19-16-7-5-6-8-18(16)24-21(19)25/h5-11,23H,1,12H2,2-4H3,(H,24,25)/b20-19+. The molecular formula is C22H22N2O3. The zero-order chi connectivity index (χ0) is 19.2. The smallest absolute Gasteiger partial charge is 0.260 e. The lowest BCUT2D eigenvalue weighted by molar-refractivity contribution is -0.110. The summed E-state index contributed by atoms with van der Waals surface area (Å²) in [7, 11) is 0. The largest absolute Gasteiger partial charge is 0.487 e. The molecule has 2 N–H and O–H groups in total. The Morgan fingerprint density at radius 2 is 1.96 bits per heavy atom. The van der Waals surface area contributed by atoms with Gasteiger partial charge in [0.05, 0.1) is 5.57 Å². The number of amides is 1. The molecule has 2 aromatic rings. The topological polar surface area (TPSA) is 59.6 Å². The molecule has 138 valence electrons. The van der Waals surface area contributed by atoms with Crippen LogP contribution in [0.15, 0.2) is 54.9 Å². The van der Waals surface area contributed by atoms with E-state index in [9.17, 15) is 4.79 Å². The van der Waals surface area contributed by atoms with Gasteiger partial charge in [0, 0.05) is 28.1 Å². The number of anilines is 2. The number of nitrogens with one attached hydrogen (secondary N) is 2. The first-order valence-corrected chi connectivity index (χ1v) is 8.88. The van der Waals surface area contributed by atoms with E-state index in [0.717, 1.165) is 28.1 Å². The van der Waals surface area contributed by atoms with Crippen molar-refractivity contribution in [3.05, 3.63) is 71.6 Å². The predicted octanol–water partition coefficient (Wildman–Crippen LogP) is 4.74. The van der Waals surface area contributed by atoms with Crippen molar-refractivity contribution in [3.8, 4) is 0 Å². The third-order valence-corrected chi connectivity index (χ3v) is 4.34. The summed E-state index contributed by atoms with van der Waals surface area (Å²) in [5.74, 6) is 0.941. The molecule has 0 aromatic heterocycles. The first-order chi connectivity index (χ1) is 12.8. The fraction of sp³-hybridized carbons (Fsp3) is 0.227. The quantitative estimate of drug-likeness (QED) is 0.612. The molecule has 0 bridgehead atoms. The van der Waals surface area contributed by atoms with Gasteiger partial charge in [-0.3, -0.25) is 4.79 Å². The second kappa shape index (κ2) is 6.20. The van der Waals surface area contributed by atoms with Crippen LogP contribution in [-0.4, -0.2) is 11.5 Å². The molecule has 0 radical (unpaired) electrons. The monoisotopic (exact) mass is 362 g/mol. The molecule has 4 rings (SSSR count). The number of rotatable bonds is 3. The fourth-order valence-electron chi connectivity index (χ4n) is 3.32. The number of hydrogen-bond acceptors (Lipinski definition) is 4. The average molecular weight is 362 g/mol. The van der Waals surface area contributed by atoms with E-state index in [-0.39, 0.29) is 11.5 Å². The van der Waals surface area contributed by atoms with Crippen molar-refractivity contribution in [3.63, 3.8) is 0 Å². The lowest BCUT2D eigenvalue weighted by atomic mass is 10.00. The summed E-state index contributed by atoms with van der Waals surface area (Å²) in [6.07, 6.45) is 0. The molecule has 27 heavy (non-hydrogen) atoms. The molecule has 2 aliphatic heterocycles. The van der Waals surface area contributed by atoms with Gasteiger partial charge in [0.25, 0.3) is 5.91 Å². The molecule has 1 amide bonds. The van der Waals surface area contributed by atoms with Crippen molar-refractivity contribution in [2.75, 3.05) is 10.6 Å². The summed E-state index contributed by atoms with van der Waals surface area (Å²) in [6.45, 7) is 10.3. The predicted molar refractivity (Wildman–Crippen MR) is 107 cm³/mol. The number of fused-ring (bicyclic) bond motifs is 2. The second-order valence-electron chi connectivity index (χ2n) is 7.63. The molecule has 0 atom stereocenters. The van der Waals surface area contributed by atoms with Gasteiger partial charge < -0.3 is 20.1 Å². The SMILES string of the molecule is C=C(Nc1ccc2c(c1)/C(=C1\C(=O)Nc3ccccc31)OC2)OC(C)(C)C. The Morgan fingerprint density at radius 3 is 2.74 bits per heavy atom. The highest BCUT2D eigenvalue weighted by Gasteiger charge is 2.32. The molecule has 2 aromatic carbocycles. The maximum atomic E-state index is 12.5. The Labute approximate surface area is 158 Å². The van der Waals surface area contributed by atoms with Crippen LogP contribution in [0.3, 0.4) is 0 Å². The molecule has 2 heterocycles. The molecule has 0 aliphatic carbocycles. The third kappa shape index (κ3) is 3.28. The van der Waals surface area contributed by atoms with Crippen molar-refractivity contribution in [2.45, 2.75) is 33.0 Å². The minimum absolute atomic E-state index is 0.141. The summed E-state index contributed by atoms with van der Waals surface area (Å²) < 4.78 is 11.7. The van der Waals surface area contributed by atoms with Gasteiger partial charge in [-0.05, 0) is 45.5 Å². The Kier molecular flexibility index (Phi) is 3.95. The van der Waals surface area contributed by atoms with Crippen molar-refractivity contribution >= 4 is 28.6 Å². The Hall–Kier alpha value is -3.21. The van der Waals surface area contributed by atoms with Crippen LogP contribution in [0.1, 0.15) is 37.5 Å². The van der Waals surface area contributed by atoms with Crippen LogP contribution in [0.2, 0.25) is 0 Å². The van der Waals surface area contributed by atoms with E-state index >= 15 is 0 Å². The number of para-hydroxylation sites is 1. The van der Waals surface area contributed by atoms with E-state index in [4.69, 9.17) is 9.47 Å². The number of benzene rings is 2. The Bertz CT molecular complexity index is 983. The van der Waals surface area contributed by atoms with Crippen LogP contribution in [-0.2, 0) is 20.9 Å². The minimum Gasteiger partial charge on any atom is -0.487 e. The van der Waals surface area contributed by atoms with Gasteiger partial charge >= 0.3 is 0 Å². The van der Waals surface area contributed by atoms with Gasteiger partial charge in [0.2, 0.25) is 0 Å². The van der Waals surface area contributed by atoms with Gasteiger partial charge in [-0.15, -0.1) is 0 Å². The molecule has 0 saturated carbocycles. The summed E-state index contributed by atoms with van der Waals surface area (Å²) in [5, 5.41) is 6.08. The van der Waals surface area contributed by atoms with E-state index in [1.54, 1.807) is 0 Å². The van der Waals surface area contributed by atoms with E-state index in [2.05, 4.69) is 17.2 Å². The summed E-state index contributed by atoms with van der Waals surface area (Å²) in [5.41, 5.74) is 4.70. The van der Waals surface area contributed by atoms with Gasteiger partial charge in [-0.2, -0.15) is 0 Å². The van der Waals surface area contributed by atoms with E-state index in [1.165, 1.54) is 0 Å². The minimum atomic E-state index is -0.331. The molecule has 5 heteroatoms. The molecule has 0 spiro atoms. The number of carbonyl (C=O) groups is 1. The average Bonchev–Trinajstić information content (AvgIpc) is 3.12. The van der Waals surface area contributed by atoms with Crippen molar-refractivity contribution in [1.29, 1.82) is 0 Å². The molecule has 2 aliphatic rings. The third-order valence-electron chi connectivity index (χ3n) is 4.34. The van der Waals surface area contributed by atoms with Crippen LogP contribution in [0, 0.1) is 0 Å². The first kappa shape index (κ1) is 17.2. The van der Waals surface area contributed by atoms with Crippen molar-refractivity contribution in [1.82, 2.24) is 0 Å². The maximum Gasteiger partial charge on any atom is 0.260 e. The fourth-order valence-corrected chi connectivity index (χ4v) is 3.32. The summed E-state index contributed by atoms with van der Waals surface area (Å²) in [4.78, 5) is 12.5. The number of carbonyl (C=O) groups excluding carboxylic acids is 1. The zero-order valence-corrected chi connectivity index (χ0v) is 15.7. The highest BCUT2D eigenvalue weighted by atomic mass is 16.5. The Balaban J connectivity index is 1.70. The van der Waals surface area contributed by atoms with Crippen molar-refractivity contribution in [2.24, 2.45) is 0 Å². The normalized spacial score (nSPS) is 17.7. The maximum absolute atomic E-state index is 12.5. The van der Waals surface area contributed by atoms with Crippen LogP contribution in [0.25, 0.3) is 11.3 Å². The van der Waals surface area contributed by atoms with Gasteiger partial charge in [0.1, 0.15) is 18.0 Å². The van der Waals surface area contributed by atoms with Crippen LogP contribution in [0.4, 0.5) is 11.4 Å². The lowest BCUT2D eigenvalue weighted by Crippen LogP contribution is -2.21.